The van der Waals surface area contributed by atoms with E-state index < -0.39 is 0 Å². The normalized spacial score (nSPS) is 14.8. The summed E-state index contributed by atoms with van der Waals surface area (Å²) in [7, 11) is 1.70. The lowest BCUT2D eigenvalue weighted by Gasteiger charge is -2.18. The second-order valence-corrected chi connectivity index (χ2v) is 4.69. The number of ether oxygens (including phenoxy) is 1. The van der Waals surface area contributed by atoms with Crippen LogP contribution in [0.1, 0.15) is 25.5 Å². The molecular weight excluding hydrogens is 245 g/mol. The fraction of sp³-hybridized carbons (Fsp3) is 0.500. The zero-order chi connectivity index (χ0) is 12.1. The summed E-state index contributed by atoms with van der Waals surface area (Å²) in [6.07, 6.45) is 0.188. The summed E-state index contributed by atoms with van der Waals surface area (Å²) in [5.41, 5.74) is 1.05. The van der Waals surface area contributed by atoms with Crippen LogP contribution < -0.4 is 5.32 Å². The van der Waals surface area contributed by atoms with E-state index in [9.17, 15) is 0 Å². The molecule has 2 atom stereocenters. The van der Waals surface area contributed by atoms with Crippen LogP contribution in [-0.2, 0) is 4.74 Å². The van der Waals surface area contributed by atoms with E-state index in [1.54, 1.807) is 13.2 Å². The third-order valence-corrected chi connectivity index (χ3v) is 3.11. The number of halogens is 2. The van der Waals surface area contributed by atoms with E-state index in [1.807, 2.05) is 19.1 Å². The molecule has 0 aromatic heterocycles. The molecule has 2 unspecified atom stereocenters. The Kier molecular flexibility index (Phi) is 5.56. The molecule has 16 heavy (non-hydrogen) atoms. The maximum atomic E-state index is 6.12. The molecule has 1 rings (SSSR count). The Labute approximate surface area is 107 Å². The minimum absolute atomic E-state index is 0.183. The van der Waals surface area contributed by atoms with E-state index >= 15 is 0 Å². The van der Waals surface area contributed by atoms with Gasteiger partial charge in [-0.05, 0) is 31.5 Å². The molecule has 0 bridgehead atoms. The SMILES string of the molecule is COC(C)CNC(C)c1ccc(Cl)cc1Cl. The van der Waals surface area contributed by atoms with Crippen LogP contribution in [0.3, 0.4) is 0 Å². The molecule has 0 fully saturated rings. The van der Waals surface area contributed by atoms with E-state index in [-0.39, 0.29) is 12.1 Å². The second kappa shape index (κ2) is 6.45. The Hall–Kier alpha value is -0.280. The van der Waals surface area contributed by atoms with E-state index in [2.05, 4.69) is 12.2 Å². The summed E-state index contributed by atoms with van der Waals surface area (Å²) in [6.45, 7) is 4.87. The molecule has 1 N–H and O–H groups in total. The van der Waals surface area contributed by atoms with Crippen molar-refractivity contribution < 1.29 is 4.74 Å². The molecule has 0 radical (unpaired) electrons. The highest BCUT2D eigenvalue weighted by atomic mass is 35.5. The first-order valence-corrected chi connectivity index (χ1v) is 6.01. The molecule has 1 aromatic rings. The third kappa shape index (κ3) is 3.95. The van der Waals surface area contributed by atoms with Crippen LogP contribution in [0.5, 0.6) is 0 Å². The van der Waals surface area contributed by atoms with E-state index in [0.29, 0.717) is 10.0 Å². The predicted molar refractivity (Wildman–Crippen MR) is 69.4 cm³/mol. The van der Waals surface area contributed by atoms with Gasteiger partial charge in [0, 0.05) is 29.7 Å². The zero-order valence-corrected chi connectivity index (χ0v) is 11.3. The van der Waals surface area contributed by atoms with Gasteiger partial charge in [-0.15, -0.1) is 0 Å². The van der Waals surface area contributed by atoms with Gasteiger partial charge in [0.25, 0.3) is 0 Å². The quantitative estimate of drug-likeness (QED) is 0.874. The summed E-state index contributed by atoms with van der Waals surface area (Å²) >= 11 is 12.0. The first-order chi connectivity index (χ1) is 7.54. The van der Waals surface area contributed by atoms with Crippen molar-refractivity contribution in [1.29, 1.82) is 0 Å². The molecule has 0 saturated heterocycles. The molecular formula is C12H17Cl2NO. The molecule has 0 saturated carbocycles. The van der Waals surface area contributed by atoms with E-state index in [0.717, 1.165) is 12.1 Å². The highest BCUT2D eigenvalue weighted by Crippen LogP contribution is 2.25. The molecule has 0 aliphatic rings. The van der Waals surface area contributed by atoms with Crippen molar-refractivity contribution in [2.75, 3.05) is 13.7 Å². The third-order valence-electron chi connectivity index (χ3n) is 2.54. The Morgan fingerprint density at radius 1 is 1.31 bits per heavy atom. The fourth-order valence-corrected chi connectivity index (χ4v) is 1.96. The molecule has 4 heteroatoms. The summed E-state index contributed by atoms with van der Waals surface area (Å²) < 4.78 is 5.17. The minimum Gasteiger partial charge on any atom is -0.380 e. The smallest absolute Gasteiger partial charge is 0.0667 e. The Morgan fingerprint density at radius 2 is 2.00 bits per heavy atom. The number of methoxy groups -OCH3 is 1. The van der Waals surface area contributed by atoms with Gasteiger partial charge in [0.2, 0.25) is 0 Å². The topological polar surface area (TPSA) is 21.3 Å². The van der Waals surface area contributed by atoms with Crippen molar-refractivity contribution in [2.24, 2.45) is 0 Å². The van der Waals surface area contributed by atoms with E-state index in [4.69, 9.17) is 27.9 Å². The Bertz CT molecular complexity index is 344. The lowest BCUT2D eigenvalue weighted by atomic mass is 10.1. The highest BCUT2D eigenvalue weighted by molar-refractivity contribution is 6.35. The van der Waals surface area contributed by atoms with Gasteiger partial charge in [0.05, 0.1) is 6.10 Å². The molecule has 0 heterocycles. The average molecular weight is 262 g/mol. The molecule has 0 aliphatic carbocycles. The monoisotopic (exact) mass is 261 g/mol. The van der Waals surface area contributed by atoms with Crippen LogP contribution in [0.25, 0.3) is 0 Å². The van der Waals surface area contributed by atoms with Gasteiger partial charge in [-0.3, -0.25) is 0 Å². The molecule has 90 valence electrons. The van der Waals surface area contributed by atoms with E-state index in [1.165, 1.54) is 0 Å². The minimum atomic E-state index is 0.183. The van der Waals surface area contributed by atoms with Gasteiger partial charge in [0.15, 0.2) is 0 Å². The van der Waals surface area contributed by atoms with Crippen molar-refractivity contribution >= 4 is 23.2 Å². The first-order valence-electron chi connectivity index (χ1n) is 5.25. The largest absolute Gasteiger partial charge is 0.380 e. The maximum absolute atomic E-state index is 6.12. The number of rotatable bonds is 5. The van der Waals surface area contributed by atoms with Gasteiger partial charge in [-0.25, -0.2) is 0 Å². The number of hydrogen-bond donors (Lipinski definition) is 1. The fourth-order valence-electron chi connectivity index (χ4n) is 1.39. The summed E-state index contributed by atoms with van der Waals surface area (Å²) in [4.78, 5) is 0. The van der Waals surface area contributed by atoms with Gasteiger partial charge in [0.1, 0.15) is 0 Å². The zero-order valence-electron chi connectivity index (χ0n) is 9.76. The standard InChI is InChI=1S/C12H17Cl2NO/c1-8(16-3)7-15-9(2)11-5-4-10(13)6-12(11)14/h4-6,8-9,15H,7H2,1-3H3. The molecule has 0 amide bonds. The lowest BCUT2D eigenvalue weighted by Crippen LogP contribution is -2.28. The van der Waals surface area contributed by atoms with Crippen molar-refractivity contribution in [3.05, 3.63) is 33.8 Å². The van der Waals surface area contributed by atoms with Gasteiger partial charge in [-0.2, -0.15) is 0 Å². The molecule has 2 nitrogen and oxygen atoms in total. The van der Waals surface area contributed by atoms with Crippen LogP contribution in [-0.4, -0.2) is 19.8 Å². The summed E-state index contributed by atoms with van der Waals surface area (Å²) in [5.74, 6) is 0. The molecule has 0 aliphatic heterocycles. The van der Waals surface area contributed by atoms with Crippen molar-refractivity contribution in [3.8, 4) is 0 Å². The maximum Gasteiger partial charge on any atom is 0.0667 e. The highest BCUT2D eigenvalue weighted by Gasteiger charge is 2.10. The van der Waals surface area contributed by atoms with Crippen LogP contribution in [0.4, 0.5) is 0 Å². The van der Waals surface area contributed by atoms with Gasteiger partial charge >= 0.3 is 0 Å². The van der Waals surface area contributed by atoms with Crippen LogP contribution in [0.15, 0.2) is 18.2 Å². The molecule has 1 aromatic carbocycles. The van der Waals surface area contributed by atoms with Gasteiger partial charge in [-0.1, -0.05) is 29.3 Å². The van der Waals surface area contributed by atoms with Crippen LogP contribution in [0, 0.1) is 0 Å². The van der Waals surface area contributed by atoms with Crippen molar-refractivity contribution in [3.63, 3.8) is 0 Å². The van der Waals surface area contributed by atoms with Gasteiger partial charge < -0.3 is 10.1 Å². The predicted octanol–water partition coefficient (Wildman–Crippen LogP) is 3.68. The number of hydrogen-bond acceptors (Lipinski definition) is 2. The first kappa shape index (κ1) is 13.8. The summed E-state index contributed by atoms with van der Waals surface area (Å²) in [5, 5.41) is 4.71. The van der Waals surface area contributed by atoms with Crippen LogP contribution in [0.2, 0.25) is 10.0 Å². The van der Waals surface area contributed by atoms with Crippen molar-refractivity contribution in [2.45, 2.75) is 26.0 Å². The lowest BCUT2D eigenvalue weighted by molar-refractivity contribution is 0.115. The second-order valence-electron chi connectivity index (χ2n) is 3.84. The van der Waals surface area contributed by atoms with Crippen molar-refractivity contribution in [1.82, 2.24) is 5.32 Å². The summed E-state index contributed by atoms with van der Waals surface area (Å²) in [6, 6.07) is 5.74. The number of benzene rings is 1. The molecule has 0 spiro atoms. The average Bonchev–Trinajstić information content (AvgIpc) is 2.25. The Morgan fingerprint density at radius 3 is 2.56 bits per heavy atom. The number of nitrogens with one attached hydrogen (secondary N) is 1. The van der Waals surface area contributed by atoms with Crippen LogP contribution >= 0.6 is 23.2 Å². The Balaban J connectivity index is 2.62.